The maximum absolute atomic E-state index is 10.6. The van der Waals surface area contributed by atoms with E-state index in [4.69, 9.17) is 5.26 Å². The predicted molar refractivity (Wildman–Crippen MR) is 54.1 cm³/mol. The summed E-state index contributed by atoms with van der Waals surface area (Å²) in [6.07, 6.45) is 4.87. The van der Waals surface area contributed by atoms with Crippen LogP contribution in [0.5, 0.6) is 0 Å². The van der Waals surface area contributed by atoms with Crippen molar-refractivity contribution in [2.24, 2.45) is 4.99 Å². The zero-order chi connectivity index (χ0) is 11.1. The van der Waals surface area contributed by atoms with Crippen LogP contribution in [-0.2, 0) is 14.6 Å². The van der Waals surface area contributed by atoms with E-state index in [-0.39, 0.29) is 5.91 Å². The molecule has 1 saturated heterocycles. The summed E-state index contributed by atoms with van der Waals surface area (Å²) in [5.41, 5.74) is 0. The molecule has 0 aromatic heterocycles. The molecule has 2 aliphatic heterocycles. The Morgan fingerprint density at radius 2 is 2.53 bits per heavy atom. The van der Waals surface area contributed by atoms with Gasteiger partial charge in [-0.05, 0) is 17.8 Å². The molecule has 6 nitrogen and oxygen atoms in total. The highest BCUT2D eigenvalue weighted by Gasteiger charge is 2.21. The molecule has 2 heterocycles. The predicted octanol–water partition coefficient (Wildman–Crippen LogP) is 0.662. The minimum Gasteiger partial charge on any atom is -0.345 e. The number of amides is 1. The molecule has 7 heteroatoms. The zero-order valence-electron chi connectivity index (χ0n) is 7.60. The lowest BCUT2D eigenvalue weighted by atomic mass is 10.6. The fourth-order valence-corrected chi connectivity index (χ4v) is 1.26. The van der Waals surface area contributed by atoms with Gasteiger partial charge >= 0.3 is 0 Å². The summed E-state index contributed by atoms with van der Waals surface area (Å²) >= 11 is 1.07. The molecule has 0 bridgehead atoms. The number of rotatable bonds is 0. The first-order chi connectivity index (χ1) is 7.24. The van der Waals surface area contributed by atoms with E-state index in [1.54, 1.807) is 12.3 Å². The molecule has 1 N–H and O–H groups in total. The molecule has 0 aliphatic carbocycles. The minimum absolute atomic E-state index is 0.279. The van der Waals surface area contributed by atoms with E-state index in [1.165, 1.54) is 6.26 Å². The van der Waals surface area contributed by atoms with Crippen molar-refractivity contribution in [2.45, 2.75) is 0 Å². The fraction of sp³-hybridized carbons (Fsp3) is 0.125. The maximum Gasteiger partial charge on any atom is 0.263 e. The molecule has 0 unspecified atom stereocenters. The second-order valence-corrected chi connectivity index (χ2v) is 3.33. The highest BCUT2D eigenvalue weighted by Crippen LogP contribution is 2.20. The minimum atomic E-state index is -0.279. The van der Waals surface area contributed by atoms with E-state index in [2.05, 4.69) is 26.7 Å². The van der Waals surface area contributed by atoms with Crippen LogP contribution in [0.25, 0.3) is 0 Å². The summed E-state index contributed by atoms with van der Waals surface area (Å²) in [7, 11) is 0. The van der Waals surface area contributed by atoms with E-state index in [9.17, 15) is 4.79 Å². The number of carbonyl (C=O) groups is 1. The van der Waals surface area contributed by atoms with Crippen LogP contribution in [0.2, 0.25) is 0 Å². The highest BCUT2D eigenvalue weighted by molar-refractivity contribution is 8.18. The molecular weight excluding hydrogens is 218 g/mol. The van der Waals surface area contributed by atoms with Gasteiger partial charge in [-0.15, -0.1) is 4.99 Å². The maximum atomic E-state index is 10.6. The Hall–Kier alpha value is -1.78. The Kier molecular flexibility index (Phi) is 4.40. The van der Waals surface area contributed by atoms with Gasteiger partial charge in [0, 0.05) is 0 Å². The molecule has 15 heavy (non-hydrogen) atoms. The normalized spacial score (nSPS) is 20.3. The lowest BCUT2D eigenvalue weighted by Crippen LogP contribution is -2.19. The van der Waals surface area contributed by atoms with Crippen LogP contribution in [0.1, 0.15) is 0 Å². The van der Waals surface area contributed by atoms with Gasteiger partial charge in [-0.2, -0.15) is 10.1 Å². The number of hydrogen-bond acceptors (Lipinski definition) is 6. The van der Waals surface area contributed by atoms with Crippen LogP contribution in [0.15, 0.2) is 28.8 Å². The number of nitrogens with one attached hydrogen (secondary N) is 1. The number of thioether (sulfide) groups is 1. The van der Waals surface area contributed by atoms with Crippen LogP contribution in [-0.4, -0.2) is 17.7 Å². The third kappa shape index (κ3) is 3.84. The van der Waals surface area contributed by atoms with E-state index >= 15 is 0 Å². The number of amidine groups is 1. The first-order valence-electron chi connectivity index (χ1n) is 3.82. The summed E-state index contributed by atoms with van der Waals surface area (Å²) in [6.45, 7) is 4.03. The average Bonchev–Trinajstić information content (AvgIpc) is 2.82. The quantitative estimate of drug-likeness (QED) is 0.372. The molecule has 2 rings (SSSR count). The van der Waals surface area contributed by atoms with Crippen molar-refractivity contribution in [3.63, 3.8) is 0 Å². The molecule has 0 aromatic carbocycles. The molecule has 0 spiro atoms. The molecule has 1 fully saturated rings. The van der Waals surface area contributed by atoms with Crippen LogP contribution < -0.4 is 5.32 Å². The molecular formula is C8H7N3O3S. The number of nitriles is 1. The second kappa shape index (κ2) is 5.85. The lowest BCUT2D eigenvalue weighted by Gasteiger charge is -1.84. The second-order valence-electron chi connectivity index (χ2n) is 2.25. The average molecular weight is 225 g/mol. The van der Waals surface area contributed by atoms with Crippen LogP contribution in [0, 0.1) is 11.5 Å². The summed E-state index contributed by atoms with van der Waals surface area (Å²) in [6, 6.07) is 0. The molecule has 0 aromatic rings. The molecule has 78 valence electrons. The van der Waals surface area contributed by atoms with Crippen LogP contribution >= 0.6 is 11.8 Å². The highest BCUT2D eigenvalue weighted by atomic mass is 32.2. The van der Waals surface area contributed by atoms with Crippen molar-refractivity contribution >= 4 is 22.8 Å². The lowest BCUT2D eigenvalue weighted by molar-refractivity contribution is -0.221. The monoisotopic (exact) mass is 225 g/mol. The summed E-state index contributed by atoms with van der Waals surface area (Å²) < 4.78 is 0. The largest absolute Gasteiger partial charge is 0.345 e. The van der Waals surface area contributed by atoms with Gasteiger partial charge < -0.3 is 4.89 Å². The van der Waals surface area contributed by atoms with E-state index in [0.717, 1.165) is 11.8 Å². The van der Waals surface area contributed by atoms with Crippen LogP contribution in [0.4, 0.5) is 0 Å². The number of nitrogens with zero attached hydrogens (tertiary/aromatic N) is 2. The topological polar surface area (TPSA) is 83.7 Å². The molecule has 2 aliphatic rings. The van der Waals surface area contributed by atoms with E-state index < -0.39 is 0 Å². The SMILES string of the molecule is C1=COOC1.C=C1SC(=NC#N)NC1=O. The van der Waals surface area contributed by atoms with Crippen molar-refractivity contribution in [1.29, 1.82) is 5.26 Å². The standard InChI is InChI=1S/C5H3N3OS.C3H4O2/c1-3-4(9)8-5(10-3)7-2-6;1-2-4-5-3-1/h1H2,(H,7,8,9);1-2H,3H2. The van der Waals surface area contributed by atoms with Crippen molar-refractivity contribution < 1.29 is 14.6 Å². The number of hydrogen-bond donors (Lipinski definition) is 1. The molecule has 0 saturated carbocycles. The van der Waals surface area contributed by atoms with Gasteiger partial charge in [-0.1, -0.05) is 6.58 Å². The van der Waals surface area contributed by atoms with E-state index in [0.29, 0.717) is 16.7 Å². The fourth-order valence-electron chi connectivity index (χ4n) is 0.648. The third-order valence-electron chi connectivity index (χ3n) is 1.23. The number of carbonyl (C=O) groups excluding carboxylic acids is 1. The first-order valence-corrected chi connectivity index (χ1v) is 4.64. The van der Waals surface area contributed by atoms with E-state index in [1.807, 2.05) is 0 Å². The van der Waals surface area contributed by atoms with Gasteiger partial charge in [0.15, 0.2) is 5.17 Å². The van der Waals surface area contributed by atoms with Gasteiger partial charge in [0.2, 0.25) is 6.19 Å². The number of aliphatic imine (C=N–C) groups is 1. The Morgan fingerprint density at radius 1 is 1.73 bits per heavy atom. The summed E-state index contributed by atoms with van der Waals surface area (Å²) in [5, 5.41) is 10.7. The zero-order valence-corrected chi connectivity index (χ0v) is 8.41. The Labute approximate surface area is 90.2 Å². The molecule has 0 radical (unpaired) electrons. The van der Waals surface area contributed by atoms with Crippen molar-refractivity contribution in [3.8, 4) is 6.19 Å². The third-order valence-corrected chi connectivity index (χ3v) is 2.05. The van der Waals surface area contributed by atoms with Crippen LogP contribution in [0.3, 0.4) is 0 Å². The summed E-state index contributed by atoms with van der Waals surface area (Å²) in [4.78, 5) is 22.9. The first kappa shape index (κ1) is 11.3. The van der Waals surface area contributed by atoms with Crippen molar-refractivity contribution in [2.75, 3.05) is 6.61 Å². The summed E-state index contributed by atoms with van der Waals surface area (Å²) in [5.74, 6) is -0.279. The van der Waals surface area contributed by atoms with Crippen molar-refractivity contribution in [1.82, 2.24) is 5.32 Å². The van der Waals surface area contributed by atoms with Gasteiger partial charge in [0.1, 0.15) is 12.9 Å². The molecule has 1 amide bonds. The molecule has 0 atom stereocenters. The van der Waals surface area contributed by atoms with Gasteiger partial charge in [0.05, 0.1) is 4.91 Å². The van der Waals surface area contributed by atoms with Crippen molar-refractivity contribution in [3.05, 3.63) is 23.8 Å². The smallest absolute Gasteiger partial charge is 0.263 e. The Morgan fingerprint density at radius 3 is 2.87 bits per heavy atom. The van der Waals surface area contributed by atoms with Gasteiger partial charge in [0.25, 0.3) is 5.91 Å². The Balaban J connectivity index is 0.000000187. The van der Waals surface area contributed by atoms with Gasteiger partial charge in [-0.3, -0.25) is 10.1 Å². The van der Waals surface area contributed by atoms with Gasteiger partial charge in [-0.25, -0.2) is 0 Å². The Bertz CT molecular complexity index is 346.